The fourth-order valence-corrected chi connectivity index (χ4v) is 6.71. The van der Waals surface area contributed by atoms with Gasteiger partial charge in [0.15, 0.2) is 0 Å². The molecule has 1 N–H and O–H groups in total. The van der Waals surface area contributed by atoms with Crippen molar-refractivity contribution in [1.82, 2.24) is 34.0 Å². The Kier molecular flexibility index (Phi) is 7.32. The molecule has 0 saturated carbocycles. The van der Waals surface area contributed by atoms with Crippen LogP contribution in [0.3, 0.4) is 0 Å². The van der Waals surface area contributed by atoms with Gasteiger partial charge in [-0.2, -0.15) is 4.31 Å². The molecule has 2 aliphatic rings. The van der Waals surface area contributed by atoms with Gasteiger partial charge in [0.25, 0.3) is 15.9 Å². The summed E-state index contributed by atoms with van der Waals surface area (Å²) in [5.74, 6) is 2.16. The summed E-state index contributed by atoms with van der Waals surface area (Å²) in [6.07, 6.45) is 11.9. The molecule has 2 fully saturated rings. The Hall–Kier alpha value is -4.80. The van der Waals surface area contributed by atoms with E-state index in [-0.39, 0.29) is 30.5 Å². The van der Waals surface area contributed by atoms with E-state index in [0.29, 0.717) is 42.6 Å². The van der Waals surface area contributed by atoms with Gasteiger partial charge < -0.3 is 19.5 Å². The summed E-state index contributed by atoms with van der Waals surface area (Å²) in [7, 11) is -3.93. The van der Waals surface area contributed by atoms with Gasteiger partial charge in [-0.1, -0.05) is 5.92 Å². The van der Waals surface area contributed by atoms with Crippen LogP contribution in [-0.4, -0.2) is 99.8 Å². The average Bonchev–Trinajstić information content (AvgIpc) is 3.65. The lowest BCUT2D eigenvalue weighted by atomic mass is 10.1. The minimum atomic E-state index is -3.93. The first-order valence-electron chi connectivity index (χ1n) is 13.4. The number of ether oxygens (including phenoxy) is 1. The van der Waals surface area contributed by atoms with Crippen LogP contribution in [0.4, 0.5) is 4.79 Å². The van der Waals surface area contributed by atoms with E-state index in [9.17, 15) is 18.0 Å². The molecule has 4 aromatic rings. The number of carbonyl (C=O) groups excluding carboxylic acids is 2. The summed E-state index contributed by atoms with van der Waals surface area (Å²) in [4.78, 5) is 44.4. The van der Waals surface area contributed by atoms with E-state index in [1.165, 1.54) is 4.31 Å². The predicted molar refractivity (Wildman–Crippen MR) is 153 cm³/mol. The molecule has 42 heavy (non-hydrogen) atoms. The first-order chi connectivity index (χ1) is 20.3. The van der Waals surface area contributed by atoms with Gasteiger partial charge in [-0.15, -0.1) is 6.42 Å². The highest BCUT2D eigenvalue weighted by Gasteiger charge is 2.38. The third-order valence-electron chi connectivity index (χ3n) is 7.52. The van der Waals surface area contributed by atoms with Gasteiger partial charge >= 0.3 is 6.09 Å². The van der Waals surface area contributed by atoms with Crippen molar-refractivity contribution in [3.05, 3.63) is 72.6 Å². The van der Waals surface area contributed by atoms with E-state index in [2.05, 4.69) is 25.9 Å². The Morgan fingerprint density at radius 1 is 1.07 bits per heavy atom. The maximum absolute atomic E-state index is 13.7. The van der Waals surface area contributed by atoms with E-state index in [4.69, 9.17) is 11.2 Å². The minimum Gasteiger partial charge on any atom is -0.448 e. The predicted octanol–water partition coefficient (Wildman–Crippen LogP) is 2.36. The molecule has 5 heterocycles. The van der Waals surface area contributed by atoms with Gasteiger partial charge in [0.2, 0.25) is 5.82 Å². The van der Waals surface area contributed by atoms with Crippen LogP contribution in [-0.2, 0) is 14.8 Å². The molecular weight excluding hydrogens is 558 g/mol. The number of aromatic amines is 1. The van der Waals surface area contributed by atoms with E-state index >= 15 is 0 Å². The number of aromatic nitrogens is 4. The number of piperazine rings is 1. The highest BCUT2D eigenvalue weighted by molar-refractivity contribution is 7.89. The lowest BCUT2D eigenvalue weighted by Gasteiger charge is -2.40. The number of rotatable bonds is 7. The molecule has 2 saturated heterocycles. The van der Waals surface area contributed by atoms with Gasteiger partial charge in [-0.3, -0.25) is 9.78 Å². The lowest BCUT2D eigenvalue weighted by molar-refractivity contribution is 0.0526. The number of nitrogens with one attached hydrogen (secondary N) is 1. The van der Waals surface area contributed by atoms with Gasteiger partial charge in [-0.05, 0) is 48.4 Å². The average molecular weight is 586 g/mol. The van der Waals surface area contributed by atoms with E-state index in [1.807, 2.05) is 12.1 Å². The topological polar surface area (TPSA) is 142 Å². The van der Waals surface area contributed by atoms with Crippen LogP contribution in [0.5, 0.6) is 0 Å². The van der Waals surface area contributed by atoms with Crippen LogP contribution in [0.1, 0.15) is 22.6 Å². The lowest BCUT2D eigenvalue weighted by Crippen LogP contribution is -2.57. The molecule has 0 radical (unpaired) electrons. The smallest absolute Gasteiger partial charge is 0.409 e. The van der Waals surface area contributed by atoms with Crippen molar-refractivity contribution in [1.29, 1.82) is 0 Å². The number of hydrogen-bond acceptors (Lipinski definition) is 8. The van der Waals surface area contributed by atoms with Crippen LogP contribution in [0.25, 0.3) is 22.0 Å². The molecule has 1 atom stereocenters. The van der Waals surface area contributed by atoms with Gasteiger partial charge in [0.05, 0.1) is 6.54 Å². The number of pyridine rings is 1. The molecular formula is C29H27N7O5S. The van der Waals surface area contributed by atoms with Gasteiger partial charge in [0, 0.05) is 79.0 Å². The highest BCUT2D eigenvalue weighted by Crippen LogP contribution is 2.26. The number of nitrogens with zero attached hydrogens (tertiary/aromatic N) is 6. The fraction of sp³-hybridized carbons (Fsp3) is 0.276. The maximum Gasteiger partial charge on any atom is 0.409 e. The minimum absolute atomic E-state index is 0.00892. The molecule has 0 aliphatic carbocycles. The Bertz CT molecular complexity index is 1780. The molecule has 0 spiro atoms. The molecule has 13 heteroatoms. The van der Waals surface area contributed by atoms with Crippen LogP contribution in [0, 0.1) is 12.3 Å². The van der Waals surface area contributed by atoms with Crippen molar-refractivity contribution in [2.45, 2.75) is 17.5 Å². The highest BCUT2D eigenvalue weighted by atomic mass is 32.2. The largest absolute Gasteiger partial charge is 0.448 e. The summed E-state index contributed by atoms with van der Waals surface area (Å²) >= 11 is 0. The molecule has 2 aliphatic heterocycles. The Morgan fingerprint density at radius 2 is 1.86 bits per heavy atom. The third-order valence-corrected chi connectivity index (χ3v) is 9.31. The molecule has 2 amide bonds. The molecule has 1 unspecified atom stereocenters. The van der Waals surface area contributed by atoms with E-state index < -0.39 is 28.1 Å². The third kappa shape index (κ3) is 5.29. The number of carbonyl (C=O) groups is 2. The molecule has 1 aromatic carbocycles. The van der Waals surface area contributed by atoms with Crippen molar-refractivity contribution in [2.75, 3.05) is 39.3 Å². The zero-order chi connectivity index (χ0) is 29.3. The maximum atomic E-state index is 13.7. The van der Waals surface area contributed by atoms with Crippen molar-refractivity contribution < 1.29 is 22.7 Å². The Balaban J connectivity index is 1.24. The molecule has 12 nitrogen and oxygen atoms in total. The van der Waals surface area contributed by atoms with E-state index in [0.717, 1.165) is 11.1 Å². The summed E-state index contributed by atoms with van der Waals surface area (Å²) in [6, 6.07) is 9.91. The SMILES string of the molecule is C#Cc1ccc2[nH]c(S(=O)(=O)N3CCN(C(=O)c4ncc(-c5ccncc5)cn4)C(CCN4CCOC4=O)C3)cc2c1. The van der Waals surface area contributed by atoms with Crippen LogP contribution >= 0.6 is 0 Å². The number of terminal acetylenes is 1. The molecule has 3 aromatic heterocycles. The second kappa shape index (κ2) is 11.2. The molecule has 6 rings (SSSR count). The summed E-state index contributed by atoms with van der Waals surface area (Å²) in [5, 5.41) is 0.734. The van der Waals surface area contributed by atoms with Crippen LogP contribution in [0.2, 0.25) is 0 Å². The molecule has 214 valence electrons. The first kappa shape index (κ1) is 27.4. The van der Waals surface area contributed by atoms with Crippen LogP contribution in [0.15, 0.2) is 66.2 Å². The number of benzene rings is 1. The number of fused-ring (bicyclic) bond motifs is 1. The normalized spacial score (nSPS) is 17.8. The number of H-pyrrole nitrogens is 1. The Morgan fingerprint density at radius 3 is 2.57 bits per heavy atom. The molecule has 0 bridgehead atoms. The van der Waals surface area contributed by atoms with Crippen LogP contribution < -0.4 is 0 Å². The van der Waals surface area contributed by atoms with Crippen molar-refractivity contribution in [3.63, 3.8) is 0 Å². The Labute approximate surface area is 242 Å². The summed E-state index contributed by atoms with van der Waals surface area (Å²) in [6.45, 7) is 1.30. The number of hydrogen-bond donors (Lipinski definition) is 1. The monoisotopic (exact) mass is 585 g/mol. The zero-order valence-corrected chi connectivity index (χ0v) is 23.3. The van der Waals surface area contributed by atoms with Crippen molar-refractivity contribution >= 4 is 32.9 Å². The number of sulfonamides is 1. The first-order valence-corrected chi connectivity index (χ1v) is 14.8. The van der Waals surface area contributed by atoms with Crippen molar-refractivity contribution in [2.24, 2.45) is 0 Å². The van der Waals surface area contributed by atoms with Crippen molar-refractivity contribution in [3.8, 4) is 23.5 Å². The summed E-state index contributed by atoms with van der Waals surface area (Å²) < 4.78 is 33.9. The van der Waals surface area contributed by atoms with E-state index in [1.54, 1.807) is 58.9 Å². The fourth-order valence-electron chi connectivity index (χ4n) is 5.23. The quantitative estimate of drug-likeness (QED) is 0.326. The second-order valence-corrected chi connectivity index (χ2v) is 11.9. The second-order valence-electron chi connectivity index (χ2n) is 10.0. The van der Waals surface area contributed by atoms with Gasteiger partial charge in [-0.25, -0.2) is 23.2 Å². The van der Waals surface area contributed by atoms with Gasteiger partial charge in [0.1, 0.15) is 11.6 Å². The number of cyclic esters (lactones) is 1. The summed E-state index contributed by atoms with van der Waals surface area (Å²) in [5.41, 5.74) is 2.90. The zero-order valence-electron chi connectivity index (χ0n) is 22.5. The standard InChI is InChI=1S/C29H27N7O5S/c1-2-20-3-4-25-22(15-20)16-26(33-25)42(39,40)35-11-12-36(24(19-35)7-10-34-13-14-41-29(34)38)28(37)27-31-17-23(18-32-27)21-5-8-30-9-6-21/h1,3-6,8-9,15-18,24,33H,7,10-14,19H2. The number of amides is 2.